The number of nitrogens with one attached hydrogen (secondary N) is 2. The van der Waals surface area contributed by atoms with Crippen LogP contribution in [-0.4, -0.2) is 30.6 Å². The fraction of sp³-hybridized carbons (Fsp3) is 0.522. The fourth-order valence-corrected chi connectivity index (χ4v) is 4.79. The van der Waals surface area contributed by atoms with Crippen molar-refractivity contribution in [3.8, 4) is 0 Å². The zero-order valence-corrected chi connectivity index (χ0v) is 17.4. The summed E-state index contributed by atoms with van der Waals surface area (Å²) in [6.07, 6.45) is 5.53. The van der Waals surface area contributed by atoms with Gasteiger partial charge >= 0.3 is 6.18 Å². The van der Waals surface area contributed by atoms with E-state index in [0.29, 0.717) is 17.8 Å². The van der Waals surface area contributed by atoms with E-state index in [-0.39, 0.29) is 29.9 Å². The largest absolute Gasteiger partial charge is 0.416 e. The average Bonchev–Trinajstić information content (AvgIpc) is 2.76. The van der Waals surface area contributed by atoms with E-state index in [1.54, 1.807) is 6.92 Å². The number of fused-ring (bicyclic) bond motifs is 3. The first-order valence-electron chi connectivity index (χ1n) is 10.7. The van der Waals surface area contributed by atoms with Gasteiger partial charge in [-0.15, -0.1) is 0 Å². The van der Waals surface area contributed by atoms with Crippen molar-refractivity contribution >= 4 is 11.6 Å². The summed E-state index contributed by atoms with van der Waals surface area (Å²) in [5.41, 5.74) is 6.14. The van der Waals surface area contributed by atoms with E-state index >= 15 is 0 Å². The first-order chi connectivity index (χ1) is 14.7. The quantitative estimate of drug-likeness (QED) is 0.670. The number of amides is 1. The smallest absolute Gasteiger partial charge is 0.381 e. The van der Waals surface area contributed by atoms with Crippen LogP contribution in [0.1, 0.15) is 43.4 Å². The molecular formula is C23H28F3N3O2. The number of rotatable bonds is 4. The Labute approximate surface area is 179 Å². The van der Waals surface area contributed by atoms with E-state index in [4.69, 9.17) is 10.5 Å². The van der Waals surface area contributed by atoms with Gasteiger partial charge in [0.15, 0.2) is 0 Å². The van der Waals surface area contributed by atoms with Gasteiger partial charge < -0.3 is 21.1 Å². The minimum absolute atomic E-state index is 0.0394. The van der Waals surface area contributed by atoms with Crippen LogP contribution in [0.3, 0.4) is 0 Å². The Kier molecular flexibility index (Phi) is 6.12. The molecule has 1 fully saturated rings. The summed E-state index contributed by atoms with van der Waals surface area (Å²) in [5.74, 6) is 0.0104. The zero-order chi connectivity index (χ0) is 22.2. The average molecular weight is 435 g/mol. The lowest BCUT2D eigenvalue weighted by atomic mass is 9.73. The number of carbonyl (C=O) groups excluding carboxylic acids is 1. The maximum atomic E-state index is 13.4. The van der Waals surface area contributed by atoms with E-state index in [1.165, 1.54) is 12.1 Å². The SMILES string of the molecule is C[C@@H](N)C(=O)NC[C@H]1CC[C@@H]2[C@H](O1)c1cc(C(F)(F)F)ccc1N[C@H]2C1C=CC=CC1. The molecule has 168 valence electrons. The molecule has 0 spiro atoms. The monoisotopic (exact) mass is 435 g/mol. The van der Waals surface area contributed by atoms with Crippen molar-refractivity contribution < 1.29 is 22.7 Å². The second kappa shape index (κ2) is 8.67. The number of hydrogen-bond acceptors (Lipinski definition) is 4. The third-order valence-corrected chi connectivity index (χ3v) is 6.41. The number of alkyl halides is 3. The molecule has 1 saturated heterocycles. The Morgan fingerprint density at radius 2 is 2.13 bits per heavy atom. The predicted octanol–water partition coefficient (Wildman–Crippen LogP) is 3.93. The molecule has 2 aliphatic heterocycles. The van der Waals surface area contributed by atoms with Gasteiger partial charge in [0.25, 0.3) is 0 Å². The van der Waals surface area contributed by atoms with Crippen molar-refractivity contribution in [3.63, 3.8) is 0 Å². The van der Waals surface area contributed by atoms with Gasteiger partial charge in [0.2, 0.25) is 5.91 Å². The number of hydrogen-bond donors (Lipinski definition) is 3. The van der Waals surface area contributed by atoms with Crippen molar-refractivity contribution in [3.05, 3.63) is 53.6 Å². The van der Waals surface area contributed by atoms with Crippen LogP contribution < -0.4 is 16.4 Å². The molecule has 0 saturated carbocycles. The number of nitrogens with two attached hydrogens (primary N) is 1. The number of carbonyl (C=O) groups is 1. The van der Waals surface area contributed by atoms with Gasteiger partial charge in [0, 0.05) is 35.7 Å². The Hall–Kier alpha value is -2.32. The fourth-order valence-electron chi connectivity index (χ4n) is 4.79. The van der Waals surface area contributed by atoms with Crippen molar-refractivity contribution in [2.24, 2.45) is 17.6 Å². The van der Waals surface area contributed by atoms with Gasteiger partial charge in [-0.2, -0.15) is 13.2 Å². The van der Waals surface area contributed by atoms with Gasteiger partial charge in [-0.05, 0) is 44.4 Å². The Morgan fingerprint density at radius 1 is 1.32 bits per heavy atom. The lowest BCUT2D eigenvalue weighted by molar-refractivity contribution is -0.138. The number of ether oxygens (including phenoxy) is 1. The van der Waals surface area contributed by atoms with E-state index in [1.807, 2.05) is 12.2 Å². The summed E-state index contributed by atoms with van der Waals surface area (Å²) >= 11 is 0. The topological polar surface area (TPSA) is 76.4 Å². The molecule has 1 amide bonds. The Balaban J connectivity index is 1.61. The van der Waals surface area contributed by atoms with E-state index < -0.39 is 23.9 Å². The summed E-state index contributed by atoms with van der Waals surface area (Å²) in [5, 5.41) is 6.28. The molecule has 6 atom stereocenters. The maximum absolute atomic E-state index is 13.4. The van der Waals surface area contributed by atoms with Gasteiger partial charge in [0.05, 0.1) is 23.8 Å². The molecule has 4 rings (SSSR count). The third-order valence-electron chi connectivity index (χ3n) is 6.41. The maximum Gasteiger partial charge on any atom is 0.416 e. The minimum atomic E-state index is -4.42. The van der Waals surface area contributed by atoms with Crippen LogP contribution in [-0.2, 0) is 15.7 Å². The molecule has 2 heterocycles. The molecule has 1 aromatic rings. The highest BCUT2D eigenvalue weighted by atomic mass is 19.4. The first-order valence-corrected chi connectivity index (χ1v) is 10.7. The van der Waals surface area contributed by atoms with Crippen LogP contribution in [0.4, 0.5) is 18.9 Å². The van der Waals surface area contributed by atoms with Gasteiger partial charge in [-0.3, -0.25) is 4.79 Å². The van der Waals surface area contributed by atoms with Crippen molar-refractivity contribution in [1.82, 2.24) is 5.32 Å². The van der Waals surface area contributed by atoms with Crippen molar-refractivity contribution in [1.29, 1.82) is 0 Å². The molecule has 1 aromatic carbocycles. The van der Waals surface area contributed by atoms with Crippen molar-refractivity contribution in [2.75, 3.05) is 11.9 Å². The highest BCUT2D eigenvalue weighted by Crippen LogP contribution is 2.49. The van der Waals surface area contributed by atoms with Crippen LogP contribution in [0.15, 0.2) is 42.5 Å². The summed E-state index contributed by atoms with van der Waals surface area (Å²) in [6, 6.07) is 3.27. The van der Waals surface area contributed by atoms with E-state index in [0.717, 1.165) is 25.3 Å². The summed E-state index contributed by atoms with van der Waals surface area (Å²) < 4.78 is 46.5. The second-order valence-electron chi connectivity index (χ2n) is 8.64. The molecule has 4 N–H and O–H groups in total. The van der Waals surface area contributed by atoms with Gasteiger partial charge in [-0.1, -0.05) is 24.3 Å². The molecule has 31 heavy (non-hydrogen) atoms. The van der Waals surface area contributed by atoms with Crippen LogP contribution >= 0.6 is 0 Å². The van der Waals surface area contributed by atoms with Gasteiger partial charge in [-0.25, -0.2) is 0 Å². The summed E-state index contributed by atoms with van der Waals surface area (Å²) in [4.78, 5) is 11.8. The lowest BCUT2D eigenvalue weighted by Gasteiger charge is -2.47. The Bertz CT molecular complexity index is 881. The third kappa shape index (κ3) is 4.65. The molecular weight excluding hydrogens is 407 g/mol. The molecule has 0 aromatic heterocycles. The summed E-state index contributed by atoms with van der Waals surface area (Å²) in [7, 11) is 0. The van der Waals surface area contributed by atoms with Crippen LogP contribution in [0.2, 0.25) is 0 Å². The molecule has 1 aliphatic carbocycles. The molecule has 1 unspecified atom stereocenters. The molecule has 0 bridgehead atoms. The summed E-state index contributed by atoms with van der Waals surface area (Å²) in [6.45, 7) is 1.90. The highest BCUT2D eigenvalue weighted by molar-refractivity contribution is 5.80. The Morgan fingerprint density at radius 3 is 2.81 bits per heavy atom. The number of benzene rings is 1. The number of allylic oxidation sites excluding steroid dienone is 3. The minimum Gasteiger partial charge on any atom is -0.381 e. The highest BCUT2D eigenvalue weighted by Gasteiger charge is 2.45. The second-order valence-corrected chi connectivity index (χ2v) is 8.64. The number of anilines is 1. The lowest BCUT2D eigenvalue weighted by Crippen LogP contribution is -2.49. The van der Waals surface area contributed by atoms with Crippen LogP contribution in [0.5, 0.6) is 0 Å². The van der Waals surface area contributed by atoms with E-state index in [9.17, 15) is 18.0 Å². The molecule has 5 nitrogen and oxygen atoms in total. The number of halogens is 3. The standard InChI is InChI=1S/C23H28F3N3O2/c1-13(27)22(30)28-12-16-8-9-17-20(14-5-3-2-4-6-14)29-19-10-7-15(23(24,25)26)11-18(19)21(17)31-16/h2-5,7,10-11,13-14,16-17,20-21,29H,6,8-9,12,27H2,1H3,(H,28,30)/t13-,14?,16-,17+,20+,21+/m1/s1. The predicted molar refractivity (Wildman–Crippen MR) is 112 cm³/mol. The van der Waals surface area contributed by atoms with Crippen molar-refractivity contribution in [2.45, 2.75) is 56.7 Å². The van der Waals surface area contributed by atoms with Crippen LogP contribution in [0.25, 0.3) is 0 Å². The zero-order valence-electron chi connectivity index (χ0n) is 17.4. The van der Waals surface area contributed by atoms with E-state index in [2.05, 4.69) is 22.8 Å². The molecule has 8 heteroatoms. The molecule has 3 aliphatic rings. The molecule has 0 radical (unpaired) electrons. The van der Waals surface area contributed by atoms with Crippen LogP contribution in [0, 0.1) is 11.8 Å². The van der Waals surface area contributed by atoms with Gasteiger partial charge in [0.1, 0.15) is 0 Å². The first kappa shape index (κ1) is 21.9. The normalized spacial score (nSPS) is 30.7.